The van der Waals surface area contributed by atoms with Gasteiger partial charge in [0.15, 0.2) is 5.82 Å². The fraction of sp³-hybridized carbons (Fsp3) is 0.458. The van der Waals surface area contributed by atoms with Crippen molar-refractivity contribution in [3.63, 3.8) is 0 Å². The lowest BCUT2D eigenvalue weighted by atomic mass is 10.1. The van der Waals surface area contributed by atoms with Crippen molar-refractivity contribution in [2.45, 2.75) is 24.9 Å². The van der Waals surface area contributed by atoms with E-state index >= 15 is 0 Å². The van der Waals surface area contributed by atoms with Crippen molar-refractivity contribution in [3.05, 3.63) is 41.6 Å². The van der Waals surface area contributed by atoms with E-state index in [0.717, 1.165) is 61.4 Å². The largest absolute Gasteiger partial charge is 0.492 e. The molecule has 1 aromatic heterocycles. The van der Waals surface area contributed by atoms with Gasteiger partial charge < -0.3 is 15.0 Å². The Morgan fingerprint density at radius 2 is 2.12 bits per heavy atom. The van der Waals surface area contributed by atoms with Gasteiger partial charge in [-0.1, -0.05) is 11.8 Å². The number of alkyl halides is 2. The number of aromatic nitrogens is 2. The van der Waals surface area contributed by atoms with Crippen LogP contribution in [0.15, 0.2) is 36.1 Å². The number of halogens is 2. The summed E-state index contributed by atoms with van der Waals surface area (Å²) in [5, 5.41) is 10.8. The van der Waals surface area contributed by atoms with E-state index in [2.05, 4.69) is 44.2 Å². The Morgan fingerprint density at radius 3 is 2.88 bits per heavy atom. The minimum atomic E-state index is -1.18. The third-order valence-electron chi connectivity index (χ3n) is 5.70. The van der Waals surface area contributed by atoms with Gasteiger partial charge in [-0.2, -0.15) is 5.10 Å². The van der Waals surface area contributed by atoms with Crippen molar-refractivity contribution >= 4 is 28.3 Å². The Hall–Kier alpha value is -2.53. The number of hydrogen-bond donors (Lipinski definition) is 2. The molecule has 2 atom stereocenters. The van der Waals surface area contributed by atoms with Gasteiger partial charge in [0.05, 0.1) is 23.1 Å². The van der Waals surface area contributed by atoms with Crippen molar-refractivity contribution in [2.75, 3.05) is 51.7 Å². The molecule has 0 amide bonds. The summed E-state index contributed by atoms with van der Waals surface area (Å²) in [5.41, 5.74) is 2.38. The number of H-pyrrole nitrogens is 1. The highest BCUT2D eigenvalue weighted by atomic mass is 35.5. The number of nitrogens with one attached hydrogen (secondary N) is 2. The van der Waals surface area contributed by atoms with Crippen LogP contribution in [0.25, 0.3) is 10.9 Å². The van der Waals surface area contributed by atoms with E-state index in [-0.39, 0.29) is 0 Å². The van der Waals surface area contributed by atoms with Crippen LogP contribution < -0.4 is 10.1 Å². The van der Waals surface area contributed by atoms with E-state index in [9.17, 15) is 4.39 Å². The van der Waals surface area contributed by atoms with E-state index in [1.165, 1.54) is 6.08 Å². The van der Waals surface area contributed by atoms with Crippen molar-refractivity contribution < 1.29 is 9.13 Å². The highest BCUT2D eigenvalue weighted by molar-refractivity contribution is 6.22. The van der Waals surface area contributed by atoms with E-state index in [0.29, 0.717) is 18.1 Å². The number of fused-ring (bicyclic) bond motifs is 1. The molecule has 6 nitrogen and oxygen atoms in total. The van der Waals surface area contributed by atoms with Crippen LogP contribution >= 0.6 is 11.6 Å². The van der Waals surface area contributed by atoms with Crippen LogP contribution in [0.1, 0.15) is 18.9 Å². The number of rotatable bonds is 6. The van der Waals surface area contributed by atoms with E-state index in [1.54, 1.807) is 12.2 Å². The predicted molar refractivity (Wildman–Crippen MR) is 128 cm³/mol. The molecule has 1 saturated heterocycles. The van der Waals surface area contributed by atoms with Gasteiger partial charge in [0.1, 0.15) is 11.9 Å². The predicted octanol–water partition coefficient (Wildman–Crippen LogP) is 3.76. The molecule has 0 spiro atoms. The summed E-state index contributed by atoms with van der Waals surface area (Å²) in [7, 11) is 2.16. The number of likely N-dealkylation sites (N-methyl/N-ethyl adjacent to an activating group) is 1. The summed E-state index contributed by atoms with van der Waals surface area (Å²) in [4.78, 5) is 4.81. The van der Waals surface area contributed by atoms with Gasteiger partial charge in [0.2, 0.25) is 0 Å². The Bertz CT molecular complexity index is 1060. The summed E-state index contributed by atoms with van der Waals surface area (Å²) in [6, 6.07) is 3.91. The second-order valence-corrected chi connectivity index (χ2v) is 8.59. The number of nitrogens with zero attached hydrogens (tertiary/aromatic N) is 3. The number of piperazine rings is 1. The van der Waals surface area contributed by atoms with Gasteiger partial charge in [0.25, 0.3) is 0 Å². The first-order chi connectivity index (χ1) is 15.5. The average Bonchev–Trinajstić information content (AvgIpc) is 3.16. The molecule has 1 aliphatic carbocycles. The first-order valence-electron chi connectivity index (χ1n) is 11.0. The van der Waals surface area contributed by atoms with Crippen LogP contribution in [0.3, 0.4) is 0 Å². The molecule has 2 unspecified atom stereocenters. The highest BCUT2D eigenvalue weighted by Gasteiger charge is 2.19. The third kappa shape index (κ3) is 5.44. The van der Waals surface area contributed by atoms with Gasteiger partial charge in [-0.15, -0.1) is 11.6 Å². The van der Waals surface area contributed by atoms with Gasteiger partial charge in [0, 0.05) is 56.3 Å². The van der Waals surface area contributed by atoms with E-state index < -0.39 is 11.5 Å². The lowest BCUT2D eigenvalue weighted by molar-refractivity contribution is 0.157. The van der Waals surface area contributed by atoms with Crippen molar-refractivity contribution in [1.29, 1.82) is 0 Å². The zero-order valence-corrected chi connectivity index (χ0v) is 19.3. The minimum Gasteiger partial charge on any atom is -0.492 e. The van der Waals surface area contributed by atoms with Crippen LogP contribution in [-0.2, 0) is 0 Å². The average molecular weight is 458 g/mol. The molecule has 0 bridgehead atoms. The molecule has 1 aromatic carbocycles. The first kappa shape index (κ1) is 22.7. The standard InChI is InChI=1S/C24H29ClFN5O/c1-3-32-23-16-22-19(24(29-28-22)27-18-7-8-21(26)20(25)15-18)14-17(23)6-4-5-9-31-12-10-30(2)11-13-31/h7-8,14-16,20-21H,3,5,9-13H2,1-2H3,(H2,27,28,29). The normalized spacial score (nSPS) is 21.8. The third-order valence-corrected chi connectivity index (χ3v) is 6.07. The Morgan fingerprint density at radius 1 is 1.31 bits per heavy atom. The minimum absolute atomic E-state index is 0.555. The fourth-order valence-electron chi connectivity index (χ4n) is 3.80. The lowest BCUT2D eigenvalue weighted by Crippen LogP contribution is -2.44. The molecule has 8 heteroatoms. The maximum Gasteiger partial charge on any atom is 0.160 e. The number of aromatic amines is 1. The fourth-order valence-corrected chi connectivity index (χ4v) is 4.02. The molecule has 4 rings (SSSR count). The second kappa shape index (κ2) is 10.4. The van der Waals surface area contributed by atoms with Crippen LogP contribution in [0.4, 0.5) is 10.2 Å². The molecule has 0 saturated carbocycles. The Kier molecular flexibility index (Phi) is 7.36. The molecule has 1 fully saturated rings. The first-order valence-corrected chi connectivity index (χ1v) is 11.5. The Balaban J connectivity index is 1.51. The number of allylic oxidation sites excluding steroid dienone is 3. The van der Waals surface area contributed by atoms with Crippen LogP contribution in [0.2, 0.25) is 0 Å². The van der Waals surface area contributed by atoms with Crippen molar-refractivity contribution in [3.8, 4) is 17.6 Å². The molecule has 2 aromatic rings. The zero-order chi connectivity index (χ0) is 22.5. The molecule has 2 heterocycles. The van der Waals surface area contributed by atoms with Crippen molar-refractivity contribution in [2.24, 2.45) is 0 Å². The maximum atomic E-state index is 13.6. The van der Waals surface area contributed by atoms with Gasteiger partial charge >= 0.3 is 0 Å². The number of anilines is 1. The van der Waals surface area contributed by atoms with Crippen LogP contribution in [-0.4, -0.2) is 77.9 Å². The van der Waals surface area contributed by atoms with Gasteiger partial charge in [-0.05, 0) is 38.3 Å². The van der Waals surface area contributed by atoms with Gasteiger partial charge in [-0.25, -0.2) is 4.39 Å². The quantitative estimate of drug-likeness (QED) is 0.511. The molecular formula is C24H29ClFN5O. The summed E-state index contributed by atoms with van der Waals surface area (Å²) in [5.74, 6) is 7.98. The zero-order valence-electron chi connectivity index (χ0n) is 18.5. The van der Waals surface area contributed by atoms with Crippen LogP contribution in [0, 0.1) is 11.8 Å². The summed E-state index contributed by atoms with van der Waals surface area (Å²) in [6.07, 6.45) is 4.40. The SMILES string of the molecule is CCOc1cc2[nH]nc(NC3=CC(Cl)C(F)C=C3)c2cc1C#CCCN1CCN(C)CC1. The number of ether oxygens (including phenoxy) is 1. The molecule has 2 N–H and O–H groups in total. The molecule has 0 radical (unpaired) electrons. The Labute approximate surface area is 193 Å². The second-order valence-electron chi connectivity index (χ2n) is 8.09. The molecule has 2 aliphatic rings. The smallest absolute Gasteiger partial charge is 0.160 e. The maximum absolute atomic E-state index is 13.6. The molecular weight excluding hydrogens is 429 g/mol. The molecule has 32 heavy (non-hydrogen) atoms. The number of benzene rings is 1. The topological polar surface area (TPSA) is 56.4 Å². The summed E-state index contributed by atoms with van der Waals surface area (Å²) in [6.45, 7) is 7.89. The molecule has 1 aliphatic heterocycles. The van der Waals surface area contributed by atoms with Crippen molar-refractivity contribution in [1.82, 2.24) is 20.0 Å². The lowest BCUT2D eigenvalue weighted by Gasteiger charge is -2.31. The van der Waals surface area contributed by atoms with Crippen LogP contribution in [0.5, 0.6) is 5.75 Å². The van der Waals surface area contributed by atoms with E-state index in [1.807, 2.05) is 19.1 Å². The summed E-state index contributed by atoms with van der Waals surface area (Å²) < 4.78 is 19.4. The molecule has 170 valence electrons. The van der Waals surface area contributed by atoms with E-state index in [4.69, 9.17) is 16.3 Å². The monoisotopic (exact) mass is 457 g/mol. The number of hydrogen-bond acceptors (Lipinski definition) is 5. The summed E-state index contributed by atoms with van der Waals surface area (Å²) >= 11 is 6.02. The van der Waals surface area contributed by atoms with Gasteiger partial charge in [-0.3, -0.25) is 10.00 Å². The highest BCUT2D eigenvalue weighted by Crippen LogP contribution is 2.30.